The first-order chi connectivity index (χ1) is 30.4. The van der Waals surface area contributed by atoms with Crippen LogP contribution in [0.3, 0.4) is 0 Å². The summed E-state index contributed by atoms with van der Waals surface area (Å²) in [7, 11) is 0. The summed E-state index contributed by atoms with van der Waals surface area (Å²) in [6, 6.07) is 58.6. The van der Waals surface area contributed by atoms with Gasteiger partial charge in [0.1, 0.15) is 11.2 Å². The first-order valence-electron chi connectivity index (χ1n) is 22.4. The smallest absolute Gasteiger partial charge is 0.252 e. The Morgan fingerprint density at radius 2 is 0.746 bits per heavy atom. The lowest BCUT2D eigenvalue weighted by atomic mass is 9.28. The van der Waals surface area contributed by atoms with Crippen molar-refractivity contribution in [2.45, 2.75) is 64.7 Å². The van der Waals surface area contributed by atoms with Crippen molar-refractivity contribution in [2.75, 3.05) is 9.80 Å². The van der Waals surface area contributed by atoms with E-state index in [4.69, 9.17) is 8.83 Å². The van der Waals surface area contributed by atoms with Gasteiger partial charge in [-0.3, -0.25) is 0 Å². The molecule has 8 aromatic carbocycles. The highest BCUT2D eigenvalue weighted by molar-refractivity contribution is 7.01. The molecule has 5 heteroatoms. The minimum atomic E-state index is -0.449. The Bertz CT molecular complexity index is 3370. The van der Waals surface area contributed by atoms with Gasteiger partial charge in [0.15, 0.2) is 11.2 Å². The fourth-order valence-electron chi connectivity index (χ4n) is 11.8. The zero-order chi connectivity index (χ0) is 42.7. The number of para-hydroxylation sites is 4. The molecule has 0 N–H and O–H groups in total. The van der Waals surface area contributed by atoms with Gasteiger partial charge < -0.3 is 18.6 Å². The van der Waals surface area contributed by atoms with Gasteiger partial charge >= 0.3 is 0 Å². The Balaban J connectivity index is 1.16. The van der Waals surface area contributed by atoms with Crippen molar-refractivity contribution in [2.24, 2.45) is 0 Å². The van der Waals surface area contributed by atoms with Crippen LogP contribution in [0.15, 0.2) is 167 Å². The van der Waals surface area contributed by atoms with Gasteiger partial charge in [0, 0.05) is 60.8 Å². The Kier molecular flexibility index (Phi) is 7.19. The Morgan fingerprint density at radius 1 is 0.381 bits per heavy atom. The standard InChI is InChI=1S/C58H47BN2O2/c1-56(2,3)41-26-11-20-35-37-22-13-32-47(54(37)62-52(35)41)60-43-28-15-24-39-49(43)59-50-40(58(39,7)34-18-9-8-10-19-34)25-16-29-44(50)61(46-31-17-30-45(60)51(46)59)48-33-14-23-38-36-21-12-27-42(57(4,5)6)53(36)63-55(38)48/h8-33H,1-7H3. The molecule has 0 atom stereocenters. The van der Waals surface area contributed by atoms with Crippen molar-refractivity contribution < 1.29 is 8.83 Å². The third-order valence-electron chi connectivity index (χ3n) is 14.6. The van der Waals surface area contributed by atoms with Crippen molar-refractivity contribution in [1.29, 1.82) is 0 Å². The van der Waals surface area contributed by atoms with E-state index in [0.29, 0.717) is 0 Å². The summed E-state index contributed by atoms with van der Waals surface area (Å²) < 4.78 is 14.3. The maximum absolute atomic E-state index is 7.17. The highest BCUT2D eigenvalue weighted by atomic mass is 16.3. The molecular weight excluding hydrogens is 767 g/mol. The number of anilines is 6. The van der Waals surface area contributed by atoms with E-state index in [1.54, 1.807) is 0 Å². The van der Waals surface area contributed by atoms with E-state index >= 15 is 0 Å². The van der Waals surface area contributed by atoms with E-state index in [1.807, 2.05) is 0 Å². The van der Waals surface area contributed by atoms with Crippen molar-refractivity contribution in [1.82, 2.24) is 0 Å². The van der Waals surface area contributed by atoms with E-state index < -0.39 is 5.41 Å². The van der Waals surface area contributed by atoms with Crippen LogP contribution < -0.4 is 26.2 Å². The quantitative estimate of drug-likeness (QED) is 0.166. The van der Waals surface area contributed by atoms with E-state index in [0.717, 1.165) is 66.6 Å². The van der Waals surface area contributed by atoms with Crippen LogP contribution in [0.1, 0.15) is 76.3 Å². The number of hydrogen-bond acceptors (Lipinski definition) is 4. The molecule has 4 nitrogen and oxygen atoms in total. The number of fused-ring (bicyclic) bond motifs is 6. The fourth-order valence-corrected chi connectivity index (χ4v) is 11.8. The topological polar surface area (TPSA) is 32.8 Å². The number of nitrogens with zero attached hydrogens (tertiary/aromatic N) is 2. The van der Waals surface area contributed by atoms with Gasteiger partial charge in [0.2, 0.25) is 0 Å². The van der Waals surface area contributed by atoms with Crippen LogP contribution in [0, 0.1) is 0 Å². The van der Waals surface area contributed by atoms with Gasteiger partial charge in [-0.15, -0.1) is 0 Å². The molecule has 304 valence electrons. The summed E-state index contributed by atoms with van der Waals surface area (Å²) in [6.07, 6.45) is 0. The predicted octanol–water partition coefficient (Wildman–Crippen LogP) is 13.8. The molecule has 0 saturated carbocycles. The van der Waals surface area contributed by atoms with E-state index in [1.165, 1.54) is 55.6 Å². The molecule has 63 heavy (non-hydrogen) atoms. The largest absolute Gasteiger partial charge is 0.454 e. The second-order valence-electron chi connectivity index (χ2n) is 20.2. The van der Waals surface area contributed by atoms with Gasteiger partial charge in [-0.1, -0.05) is 163 Å². The first kappa shape index (κ1) is 36.7. The minimum Gasteiger partial charge on any atom is -0.454 e. The SMILES string of the molecule is CC(C)(C)c1cccc2c1oc1c(N3c4cccc5c4B4c6c3cccc6C(C)(c3ccccc3)c3cccc(c34)N5c3cccc4c3oc3c(C(C)(C)C)cccc34)cccc12. The number of hydrogen-bond donors (Lipinski definition) is 0. The normalized spacial score (nSPS) is 14.9. The third kappa shape index (κ3) is 4.72. The summed E-state index contributed by atoms with van der Waals surface area (Å²) in [5.74, 6) is 0. The fraction of sp³-hybridized carbons (Fsp3) is 0.172. The summed E-state index contributed by atoms with van der Waals surface area (Å²) in [5.41, 5.74) is 20.2. The Morgan fingerprint density at radius 3 is 1.19 bits per heavy atom. The van der Waals surface area contributed by atoms with Crippen LogP contribution in [-0.4, -0.2) is 6.71 Å². The number of furan rings is 2. The molecule has 2 aromatic heterocycles. The molecular formula is C58H47BN2O2. The lowest BCUT2D eigenvalue weighted by molar-refractivity contribution is 0.572. The highest BCUT2D eigenvalue weighted by Crippen LogP contribution is 2.53. The molecule has 10 aromatic rings. The average molecular weight is 815 g/mol. The Labute approximate surface area is 368 Å². The third-order valence-corrected chi connectivity index (χ3v) is 14.6. The molecule has 0 fully saturated rings. The average Bonchev–Trinajstić information content (AvgIpc) is 3.87. The second kappa shape index (κ2) is 12.4. The molecule has 13 rings (SSSR count). The van der Waals surface area contributed by atoms with Gasteiger partial charge in [-0.05, 0) is 87.2 Å². The van der Waals surface area contributed by atoms with Crippen LogP contribution >= 0.6 is 0 Å². The second-order valence-corrected chi connectivity index (χ2v) is 20.2. The molecule has 0 amide bonds. The molecule has 3 aliphatic rings. The highest BCUT2D eigenvalue weighted by Gasteiger charge is 2.53. The summed E-state index contributed by atoms with van der Waals surface area (Å²) in [5, 5.41) is 4.54. The molecule has 0 aliphatic carbocycles. The summed E-state index contributed by atoms with van der Waals surface area (Å²) >= 11 is 0. The van der Waals surface area contributed by atoms with Crippen LogP contribution in [0.2, 0.25) is 0 Å². The number of rotatable bonds is 3. The molecule has 0 saturated heterocycles. The van der Waals surface area contributed by atoms with Crippen LogP contribution in [0.4, 0.5) is 34.1 Å². The maximum Gasteiger partial charge on any atom is 0.252 e. The van der Waals surface area contributed by atoms with E-state index in [-0.39, 0.29) is 17.5 Å². The lowest BCUT2D eigenvalue weighted by Gasteiger charge is -2.51. The van der Waals surface area contributed by atoms with Crippen LogP contribution in [0.5, 0.6) is 0 Å². The summed E-state index contributed by atoms with van der Waals surface area (Å²) in [6.45, 7) is 16.1. The van der Waals surface area contributed by atoms with Crippen molar-refractivity contribution in [3.63, 3.8) is 0 Å². The van der Waals surface area contributed by atoms with Crippen LogP contribution in [0.25, 0.3) is 43.9 Å². The van der Waals surface area contributed by atoms with Crippen molar-refractivity contribution >= 4 is 101 Å². The van der Waals surface area contributed by atoms with Gasteiger partial charge in [-0.2, -0.15) is 0 Å². The van der Waals surface area contributed by atoms with E-state index in [9.17, 15) is 0 Å². The number of benzene rings is 8. The van der Waals surface area contributed by atoms with Gasteiger partial charge in [-0.25, -0.2) is 0 Å². The van der Waals surface area contributed by atoms with E-state index in [2.05, 4.69) is 216 Å². The predicted molar refractivity (Wildman–Crippen MR) is 264 cm³/mol. The van der Waals surface area contributed by atoms with Crippen molar-refractivity contribution in [3.8, 4) is 0 Å². The van der Waals surface area contributed by atoms with Crippen molar-refractivity contribution in [3.05, 3.63) is 186 Å². The zero-order valence-corrected chi connectivity index (χ0v) is 36.8. The molecule has 5 heterocycles. The molecule has 3 aliphatic heterocycles. The zero-order valence-electron chi connectivity index (χ0n) is 36.8. The Hall–Kier alpha value is -6.98. The van der Waals surface area contributed by atoms with Gasteiger partial charge in [0.25, 0.3) is 6.71 Å². The minimum absolute atomic E-state index is 0.00243. The first-order valence-corrected chi connectivity index (χ1v) is 22.4. The molecule has 0 radical (unpaired) electrons. The lowest BCUT2D eigenvalue weighted by Crippen LogP contribution is -2.67. The molecule has 0 bridgehead atoms. The summed E-state index contributed by atoms with van der Waals surface area (Å²) in [4.78, 5) is 5.02. The maximum atomic E-state index is 7.17. The van der Waals surface area contributed by atoms with Gasteiger partial charge in [0.05, 0.1) is 11.4 Å². The molecule has 0 spiro atoms. The van der Waals surface area contributed by atoms with Crippen LogP contribution in [-0.2, 0) is 16.2 Å². The monoisotopic (exact) mass is 814 g/mol. The molecule has 0 unspecified atom stereocenters.